The minimum atomic E-state index is -0.351. The summed E-state index contributed by atoms with van der Waals surface area (Å²) in [7, 11) is 3.77. The van der Waals surface area contributed by atoms with E-state index in [9.17, 15) is 9.18 Å². The van der Waals surface area contributed by atoms with Crippen LogP contribution in [0, 0.1) is 5.82 Å². The van der Waals surface area contributed by atoms with Gasteiger partial charge in [-0.3, -0.25) is 9.89 Å². The first kappa shape index (κ1) is 19.0. The van der Waals surface area contributed by atoms with Crippen LogP contribution >= 0.6 is 0 Å². The lowest BCUT2D eigenvalue weighted by atomic mass is 10.0. The molecule has 29 heavy (non-hydrogen) atoms. The summed E-state index contributed by atoms with van der Waals surface area (Å²) in [5.74, 6) is 0.166. The smallest absolute Gasteiger partial charge is 0.227 e. The Bertz CT molecular complexity index is 1020. The van der Waals surface area contributed by atoms with Crippen molar-refractivity contribution in [2.45, 2.75) is 25.3 Å². The summed E-state index contributed by atoms with van der Waals surface area (Å²) in [6.45, 7) is 0.642. The molecule has 150 valence electrons. The Morgan fingerprint density at radius 2 is 2.14 bits per heavy atom. The standard InChI is InChI=1S/C21H23FN6O/c1-27(2)21-23-10-9-17(25-21)15-13-24-26-20(15)18-8-5-11-28(18)19(29)12-14-6-3-4-7-16(14)22/h3-4,6-7,9-10,13,18H,5,8,11-12H2,1-2H3,(H,24,26). The van der Waals surface area contributed by atoms with Crippen LogP contribution in [-0.2, 0) is 11.2 Å². The first-order valence-electron chi connectivity index (χ1n) is 9.61. The highest BCUT2D eigenvalue weighted by Crippen LogP contribution is 2.36. The Morgan fingerprint density at radius 3 is 2.93 bits per heavy atom. The maximum atomic E-state index is 14.0. The Balaban J connectivity index is 1.60. The molecule has 1 fully saturated rings. The van der Waals surface area contributed by atoms with Crippen LogP contribution in [0.3, 0.4) is 0 Å². The molecule has 1 aliphatic heterocycles. The van der Waals surface area contributed by atoms with Gasteiger partial charge in [-0.05, 0) is 30.5 Å². The number of halogens is 1. The van der Waals surface area contributed by atoms with Crippen LogP contribution in [-0.4, -0.2) is 51.6 Å². The number of carbonyl (C=O) groups is 1. The van der Waals surface area contributed by atoms with Gasteiger partial charge >= 0.3 is 0 Å². The number of carbonyl (C=O) groups excluding carboxylic acids is 1. The first-order valence-corrected chi connectivity index (χ1v) is 9.61. The van der Waals surface area contributed by atoms with E-state index in [1.807, 2.05) is 30.0 Å². The van der Waals surface area contributed by atoms with Gasteiger partial charge in [0.05, 0.1) is 30.0 Å². The number of benzene rings is 1. The largest absolute Gasteiger partial charge is 0.347 e. The topological polar surface area (TPSA) is 78.0 Å². The molecule has 3 aromatic rings. The van der Waals surface area contributed by atoms with Gasteiger partial charge in [0.2, 0.25) is 11.9 Å². The summed E-state index contributed by atoms with van der Waals surface area (Å²) in [6.07, 6.45) is 5.20. The van der Waals surface area contributed by atoms with Crippen LogP contribution < -0.4 is 4.90 Å². The number of likely N-dealkylation sites (tertiary alicyclic amines) is 1. The molecule has 0 radical (unpaired) electrons. The minimum Gasteiger partial charge on any atom is -0.347 e. The Hall–Kier alpha value is -3.29. The number of aromatic amines is 1. The number of rotatable bonds is 5. The van der Waals surface area contributed by atoms with Crippen molar-refractivity contribution < 1.29 is 9.18 Å². The highest BCUT2D eigenvalue weighted by molar-refractivity contribution is 5.80. The van der Waals surface area contributed by atoms with Crippen LogP contribution in [0.4, 0.5) is 10.3 Å². The lowest BCUT2D eigenvalue weighted by Crippen LogP contribution is -2.32. The fraction of sp³-hybridized carbons (Fsp3) is 0.333. The Kier molecular flexibility index (Phi) is 5.24. The fourth-order valence-corrected chi connectivity index (χ4v) is 3.74. The van der Waals surface area contributed by atoms with Crippen LogP contribution in [0.2, 0.25) is 0 Å². The molecule has 1 aliphatic rings. The molecule has 3 heterocycles. The van der Waals surface area contributed by atoms with Crippen molar-refractivity contribution in [2.24, 2.45) is 0 Å². The summed E-state index contributed by atoms with van der Waals surface area (Å²) in [5, 5.41) is 7.28. The number of aromatic nitrogens is 4. The third-order valence-corrected chi connectivity index (χ3v) is 5.19. The third-order valence-electron chi connectivity index (χ3n) is 5.19. The van der Waals surface area contributed by atoms with Crippen LogP contribution in [0.5, 0.6) is 0 Å². The number of hydrogen-bond acceptors (Lipinski definition) is 5. The fourth-order valence-electron chi connectivity index (χ4n) is 3.74. The van der Waals surface area contributed by atoms with E-state index in [0.717, 1.165) is 29.8 Å². The summed E-state index contributed by atoms with van der Waals surface area (Å²) < 4.78 is 14.0. The molecule has 7 nitrogen and oxygen atoms in total. The van der Waals surface area contributed by atoms with E-state index in [-0.39, 0.29) is 24.2 Å². The number of nitrogens with one attached hydrogen (secondary N) is 1. The van der Waals surface area contributed by atoms with E-state index in [2.05, 4.69) is 20.2 Å². The molecule has 0 spiro atoms. The quantitative estimate of drug-likeness (QED) is 0.720. The third kappa shape index (κ3) is 3.83. The minimum absolute atomic E-state index is 0.0466. The molecule has 1 aromatic carbocycles. The molecule has 0 saturated carbocycles. The van der Waals surface area contributed by atoms with Gasteiger partial charge in [0.1, 0.15) is 5.82 Å². The maximum absolute atomic E-state index is 14.0. The Morgan fingerprint density at radius 1 is 1.31 bits per heavy atom. The predicted octanol–water partition coefficient (Wildman–Crippen LogP) is 2.98. The van der Waals surface area contributed by atoms with Gasteiger partial charge in [0, 0.05) is 32.4 Å². The number of hydrogen-bond donors (Lipinski definition) is 1. The Labute approximate surface area is 168 Å². The molecule has 1 atom stereocenters. The summed E-state index contributed by atoms with van der Waals surface area (Å²) in [6, 6.07) is 8.12. The maximum Gasteiger partial charge on any atom is 0.227 e. The van der Waals surface area contributed by atoms with E-state index in [0.29, 0.717) is 18.1 Å². The summed E-state index contributed by atoms with van der Waals surface area (Å²) in [4.78, 5) is 25.5. The molecule has 1 unspecified atom stereocenters. The van der Waals surface area contributed by atoms with Crippen molar-refractivity contribution in [3.8, 4) is 11.3 Å². The van der Waals surface area contributed by atoms with Gasteiger partial charge in [-0.1, -0.05) is 18.2 Å². The molecule has 0 aliphatic carbocycles. The number of H-pyrrole nitrogens is 1. The zero-order chi connectivity index (χ0) is 20.4. The highest BCUT2D eigenvalue weighted by atomic mass is 19.1. The van der Waals surface area contributed by atoms with E-state index < -0.39 is 0 Å². The molecular formula is C21H23FN6O. The predicted molar refractivity (Wildman–Crippen MR) is 108 cm³/mol. The van der Waals surface area contributed by atoms with Gasteiger partial charge in [0.15, 0.2) is 0 Å². The van der Waals surface area contributed by atoms with Gasteiger partial charge in [-0.2, -0.15) is 5.10 Å². The van der Waals surface area contributed by atoms with Crippen LogP contribution in [0.25, 0.3) is 11.3 Å². The zero-order valence-electron chi connectivity index (χ0n) is 16.5. The highest BCUT2D eigenvalue weighted by Gasteiger charge is 2.33. The second-order valence-electron chi connectivity index (χ2n) is 7.35. The molecule has 8 heteroatoms. The van der Waals surface area contributed by atoms with E-state index in [1.54, 1.807) is 30.6 Å². The van der Waals surface area contributed by atoms with Crippen molar-refractivity contribution in [3.63, 3.8) is 0 Å². The van der Waals surface area contributed by atoms with Crippen molar-refractivity contribution in [3.05, 3.63) is 59.8 Å². The number of anilines is 1. The summed E-state index contributed by atoms with van der Waals surface area (Å²) in [5.41, 5.74) is 2.87. The molecule has 1 N–H and O–H groups in total. The van der Waals surface area contributed by atoms with Crippen molar-refractivity contribution >= 4 is 11.9 Å². The van der Waals surface area contributed by atoms with Gasteiger partial charge in [-0.25, -0.2) is 14.4 Å². The normalized spacial score (nSPS) is 16.2. The van der Waals surface area contributed by atoms with Crippen LogP contribution in [0.15, 0.2) is 42.7 Å². The molecule has 0 bridgehead atoms. The SMILES string of the molecule is CN(C)c1nccc(-c2cn[nH]c2C2CCCN2C(=O)Cc2ccccc2F)n1. The molecular weight excluding hydrogens is 371 g/mol. The van der Waals surface area contributed by atoms with E-state index >= 15 is 0 Å². The first-order chi connectivity index (χ1) is 14.0. The van der Waals surface area contributed by atoms with Gasteiger partial charge in [-0.15, -0.1) is 0 Å². The van der Waals surface area contributed by atoms with Crippen molar-refractivity contribution in [1.29, 1.82) is 0 Å². The molecule has 1 saturated heterocycles. The number of nitrogens with zero attached hydrogens (tertiary/aromatic N) is 5. The summed E-state index contributed by atoms with van der Waals surface area (Å²) >= 11 is 0. The molecule has 4 rings (SSSR count). The van der Waals surface area contributed by atoms with Gasteiger partial charge in [0.25, 0.3) is 0 Å². The second kappa shape index (κ2) is 7.98. The number of amides is 1. The lowest BCUT2D eigenvalue weighted by molar-refractivity contribution is -0.131. The van der Waals surface area contributed by atoms with Crippen molar-refractivity contribution in [2.75, 3.05) is 25.5 Å². The average Bonchev–Trinajstić information content (AvgIpc) is 3.39. The van der Waals surface area contributed by atoms with Crippen LogP contribution in [0.1, 0.15) is 30.1 Å². The van der Waals surface area contributed by atoms with E-state index in [1.165, 1.54) is 6.07 Å². The average molecular weight is 394 g/mol. The van der Waals surface area contributed by atoms with Crippen molar-refractivity contribution in [1.82, 2.24) is 25.1 Å². The van der Waals surface area contributed by atoms with E-state index in [4.69, 9.17) is 0 Å². The second-order valence-corrected chi connectivity index (χ2v) is 7.35. The van der Waals surface area contributed by atoms with Gasteiger partial charge < -0.3 is 9.80 Å². The zero-order valence-corrected chi connectivity index (χ0v) is 16.5. The lowest BCUT2D eigenvalue weighted by Gasteiger charge is -2.25. The molecule has 1 amide bonds. The molecule has 2 aromatic heterocycles. The monoisotopic (exact) mass is 394 g/mol.